The fraction of sp³-hybridized carbons (Fsp3) is 0.933. The molecule has 3 aliphatic rings. The third-order valence-corrected chi connectivity index (χ3v) is 4.95. The molecule has 3 heterocycles. The second-order valence-corrected chi connectivity index (χ2v) is 6.58. The predicted molar refractivity (Wildman–Crippen MR) is 75.5 cm³/mol. The van der Waals surface area contributed by atoms with Gasteiger partial charge < -0.3 is 14.4 Å². The summed E-state index contributed by atoms with van der Waals surface area (Å²) in [6.45, 7) is 3.98. The monoisotopic (exact) mass is 282 g/mol. The van der Waals surface area contributed by atoms with Crippen LogP contribution in [0.25, 0.3) is 0 Å². The van der Waals surface area contributed by atoms with Gasteiger partial charge in [0.15, 0.2) is 0 Å². The lowest BCUT2D eigenvalue weighted by Gasteiger charge is -2.31. The Labute approximate surface area is 121 Å². The van der Waals surface area contributed by atoms with E-state index in [0.29, 0.717) is 24.5 Å². The number of likely N-dealkylation sites (tertiary alicyclic amines) is 1. The predicted octanol–water partition coefficient (Wildman–Crippen LogP) is 0.733. The molecule has 3 fully saturated rings. The average Bonchev–Trinajstić information content (AvgIpc) is 2.97. The Balaban J connectivity index is 1.48. The zero-order chi connectivity index (χ0) is 14.1. The summed E-state index contributed by atoms with van der Waals surface area (Å²) >= 11 is 0. The molecule has 5 heteroatoms. The van der Waals surface area contributed by atoms with Crippen LogP contribution >= 0.6 is 0 Å². The highest BCUT2D eigenvalue weighted by Gasteiger charge is 2.44. The van der Waals surface area contributed by atoms with Gasteiger partial charge in [0.05, 0.1) is 18.6 Å². The van der Waals surface area contributed by atoms with Crippen molar-refractivity contribution in [1.82, 2.24) is 9.80 Å². The van der Waals surface area contributed by atoms with Crippen LogP contribution in [0.4, 0.5) is 0 Å². The molecule has 3 rings (SSSR count). The highest BCUT2D eigenvalue weighted by molar-refractivity contribution is 5.76. The summed E-state index contributed by atoms with van der Waals surface area (Å²) in [5.41, 5.74) is 0. The number of hydrogen-bond donors (Lipinski definition) is 0. The second-order valence-electron chi connectivity index (χ2n) is 6.58. The molecule has 0 unspecified atom stereocenters. The molecule has 0 bridgehead atoms. The summed E-state index contributed by atoms with van der Waals surface area (Å²) in [6, 6.07) is 0.680. The number of nitrogens with zero attached hydrogens (tertiary/aromatic N) is 2. The molecule has 20 heavy (non-hydrogen) atoms. The lowest BCUT2D eigenvalue weighted by atomic mass is 10.0. The van der Waals surface area contributed by atoms with Crippen LogP contribution in [0.2, 0.25) is 0 Å². The van der Waals surface area contributed by atoms with E-state index in [9.17, 15) is 4.79 Å². The molecule has 0 aromatic rings. The van der Waals surface area contributed by atoms with Crippen LogP contribution in [0, 0.1) is 5.92 Å². The molecule has 0 aliphatic carbocycles. The fourth-order valence-electron chi connectivity index (χ4n) is 3.75. The van der Waals surface area contributed by atoms with E-state index >= 15 is 0 Å². The Morgan fingerprint density at radius 1 is 1.25 bits per heavy atom. The van der Waals surface area contributed by atoms with Gasteiger partial charge >= 0.3 is 0 Å². The van der Waals surface area contributed by atoms with Crippen molar-refractivity contribution in [2.75, 3.05) is 40.4 Å². The third kappa shape index (κ3) is 3.00. The molecule has 5 nitrogen and oxygen atoms in total. The van der Waals surface area contributed by atoms with Crippen molar-refractivity contribution in [2.24, 2.45) is 5.92 Å². The van der Waals surface area contributed by atoms with Gasteiger partial charge in [-0.3, -0.25) is 9.69 Å². The van der Waals surface area contributed by atoms with E-state index in [0.717, 1.165) is 45.6 Å². The SMILES string of the molecule is CN(C)C(=O)C[C@H]1C[C@H]2CN(C3CCOCC3)C[C@H]2O1. The maximum absolute atomic E-state index is 11.8. The summed E-state index contributed by atoms with van der Waals surface area (Å²) in [4.78, 5) is 16.0. The topological polar surface area (TPSA) is 42.0 Å². The molecule has 0 spiro atoms. The smallest absolute Gasteiger partial charge is 0.224 e. The van der Waals surface area contributed by atoms with Gasteiger partial charge in [0.25, 0.3) is 0 Å². The summed E-state index contributed by atoms with van der Waals surface area (Å²) in [6.07, 6.45) is 4.38. The molecule has 0 radical (unpaired) electrons. The Bertz CT molecular complexity index is 341. The first kappa shape index (κ1) is 14.3. The number of amides is 1. The lowest BCUT2D eigenvalue weighted by Crippen LogP contribution is -2.39. The largest absolute Gasteiger partial charge is 0.381 e. The molecule has 1 amide bonds. The number of carbonyl (C=O) groups excluding carboxylic acids is 1. The van der Waals surface area contributed by atoms with E-state index in [2.05, 4.69) is 4.90 Å². The van der Waals surface area contributed by atoms with E-state index in [1.54, 1.807) is 4.90 Å². The maximum atomic E-state index is 11.8. The molecule has 3 saturated heterocycles. The number of hydrogen-bond acceptors (Lipinski definition) is 4. The van der Waals surface area contributed by atoms with Crippen molar-refractivity contribution in [1.29, 1.82) is 0 Å². The zero-order valence-electron chi connectivity index (χ0n) is 12.6. The van der Waals surface area contributed by atoms with E-state index in [1.165, 1.54) is 0 Å². The van der Waals surface area contributed by atoms with E-state index in [4.69, 9.17) is 9.47 Å². The fourth-order valence-corrected chi connectivity index (χ4v) is 3.75. The van der Waals surface area contributed by atoms with Crippen LogP contribution in [0.5, 0.6) is 0 Å². The molecular formula is C15H26N2O3. The first-order chi connectivity index (χ1) is 9.63. The van der Waals surface area contributed by atoms with Gasteiger partial charge in [0, 0.05) is 52.4 Å². The summed E-state index contributed by atoms with van der Waals surface area (Å²) in [7, 11) is 3.62. The Kier molecular flexibility index (Phi) is 4.29. The zero-order valence-corrected chi connectivity index (χ0v) is 12.6. The first-order valence-corrected chi connectivity index (χ1v) is 7.81. The van der Waals surface area contributed by atoms with Crippen molar-refractivity contribution in [3.63, 3.8) is 0 Å². The average molecular weight is 282 g/mol. The van der Waals surface area contributed by atoms with E-state index in [-0.39, 0.29) is 12.0 Å². The Morgan fingerprint density at radius 3 is 2.65 bits per heavy atom. The lowest BCUT2D eigenvalue weighted by molar-refractivity contribution is -0.131. The van der Waals surface area contributed by atoms with Crippen molar-refractivity contribution in [3.8, 4) is 0 Å². The van der Waals surface area contributed by atoms with Gasteiger partial charge in [-0.2, -0.15) is 0 Å². The van der Waals surface area contributed by atoms with Gasteiger partial charge in [0.1, 0.15) is 0 Å². The van der Waals surface area contributed by atoms with Crippen molar-refractivity contribution in [2.45, 2.75) is 43.9 Å². The van der Waals surface area contributed by atoms with Gasteiger partial charge in [-0.1, -0.05) is 0 Å². The van der Waals surface area contributed by atoms with E-state index in [1.807, 2.05) is 14.1 Å². The molecule has 3 atom stereocenters. The number of carbonyl (C=O) groups is 1. The van der Waals surface area contributed by atoms with Crippen LogP contribution < -0.4 is 0 Å². The molecule has 0 aromatic heterocycles. The van der Waals surface area contributed by atoms with Gasteiger partial charge in [-0.15, -0.1) is 0 Å². The van der Waals surface area contributed by atoms with Crippen LogP contribution in [0.3, 0.4) is 0 Å². The summed E-state index contributed by atoms with van der Waals surface area (Å²) in [5, 5.41) is 0. The minimum Gasteiger partial charge on any atom is -0.381 e. The minimum atomic E-state index is 0.136. The summed E-state index contributed by atoms with van der Waals surface area (Å²) in [5.74, 6) is 0.800. The first-order valence-electron chi connectivity index (χ1n) is 7.81. The molecule has 114 valence electrons. The Morgan fingerprint density at radius 2 is 2.00 bits per heavy atom. The van der Waals surface area contributed by atoms with Crippen molar-refractivity contribution < 1.29 is 14.3 Å². The molecular weight excluding hydrogens is 256 g/mol. The highest BCUT2D eigenvalue weighted by Crippen LogP contribution is 2.36. The van der Waals surface area contributed by atoms with Crippen molar-refractivity contribution >= 4 is 5.91 Å². The van der Waals surface area contributed by atoms with Crippen LogP contribution in [0.15, 0.2) is 0 Å². The normalized spacial score (nSPS) is 35.2. The maximum Gasteiger partial charge on any atom is 0.224 e. The number of rotatable bonds is 3. The third-order valence-electron chi connectivity index (χ3n) is 4.95. The van der Waals surface area contributed by atoms with Crippen molar-refractivity contribution in [3.05, 3.63) is 0 Å². The Hall–Kier alpha value is -0.650. The van der Waals surface area contributed by atoms with E-state index < -0.39 is 0 Å². The molecule has 0 N–H and O–H groups in total. The molecule has 0 saturated carbocycles. The standard InChI is InChI=1S/C15H26N2O3/c1-16(2)15(18)8-13-7-11-9-17(10-14(11)20-13)12-3-5-19-6-4-12/h11-14H,3-10H2,1-2H3/t11-,13+,14+/m0/s1. The summed E-state index contributed by atoms with van der Waals surface area (Å²) < 4.78 is 11.5. The second kappa shape index (κ2) is 6.00. The van der Waals surface area contributed by atoms with Crippen LogP contribution in [-0.2, 0) is 14.3 Å². The minimum absolute atomic E-state index is 0.136. The highest BCUT2D eigenvalue weighted by atomic mass is 16.5. The van der Waals surface area contributed by atoms with Crippen LogP contribution in [0.1, 0.15) is 25.7 Å². The quantitative estimate of drug-likeness (QED) is 0.765. The molecule has 0 aromatic carbocycles. The van der Waals surface area contributed by atoms with Gasteiger partial charge in [0.2, 0.25) is 5.91 Å². The number of ether oxygens (including phenoxy) is 2. The van der Waals surface area contributed by atoms with Gasteiger partial charge in [-0.25, -0.2) is 0 Å². The van der Waals surface area contributed by atoms with Crippen LogP contribution in [-0.4, -0.2) is 74.4 Å². The molecule has 3 aliphatic heterocycles. The number of fused-ring (bicyclic) bond motifs is 1. The van der Waals surface area contributed by atoms with Gasteiger partial charge in [-0.05, 0) is 19.3 Å².